The lowest BCUT2D eigenvalue weighted by atomic mass is 10.1. The van der Waals surface area contributed by atoms with Gasteiger partial charge in [0.2, 0.25) is 5.91 Å². The third-order valence-electron chi connectivity index (χ3n) is 4.36. The molecule has 0 spiro atoms. The van der Waals surface area contributed by atoms with Crippen LogP contribution in [0.4, 0.5) is 10.1 Å². The Bertz CT molecular complexity index is 960. The molecule has 1 unspecified atom stereocenters. The standard InChI is InChI=1S/C19H20FN3O4S/c20-14-6-8-15(9-7-14)23-28(26,27)16-10-4-13(5-11-16)18(24)22-17-3-1-2-12-21-19(17)25/h4-11,17,23H,1-3,12H2,(H,21,25)(H,22,24). The summed E-state index contributed by atoms with van der Waals surface area (Å²) in [7, 11) is -3.88. The van der Waals surface area contributed by atoms with Gasteiger partial charge in [-0.2, -0.15) is 0 Å². The van der Waals surface area contributed by atoms with E-state index in [1.54, 1.807) is 0 Å². The van der Waals surface area contributed by atoms with Crippen molar-refractivity contribution in [3.05, 3.63) is 59.9 Å². The molecule has 1 aliphatic rings. The van der Waals surface area contributed by atoms with Gasteiger partial charge >= 0.3 is 0 Å². The van der Waals surface area contributed by atoms with Crippen LogP contribution in [0, 0.1) is 5.82 Å². The van der Waals surface area contributed by atoms with E-state index >= 15 is 0 Å². The van der Waals surface area contributed by atoms with Crippen LogP contribution in [0.2, 0.25) is 0 Å². The molecule has 0 saturated carbocycles. The van der Waals surface area contributed by atoms with Gasteiger partial charge in [-0.25, -0.2) is 12.8 Å². The molecular formula is C19H20FN3O4S. The van der Waals surface area contributed by atoms with Gasteiger partial charge in [-0.1, -0.05) is 0 Å². The minimum absolute atomic E-state index is 0.0411. The number of carbonyl (C=O) groups is 2. The van der Waals surface area contributed by atoms with Gasteiger partial charge in [0.1, 0.15) is 11.9 Å². The van der Waals surface area contributed by atoms with Gasteiger partial charge in [0, 0.05) is 17.8 Å². The van der Waals surface area contributed by atoms with Crippen molar-refractivity contribution >= 4 is 27.5 Å². The highest BCUT2D eigenvalue weighted by atomic mass is 32.2. The molecule has 3 N–H and O–H groups in total. The normalized spacial score (nSPS) is 17.3. The fourth-order valence-corrected chi connectivity index (χ4v) is 3.89. The first-order chi connectivity index (χ1) is 13.3. The summed E-state index contributed by atoms with van der Waals surface area (Å²) in [5, 5.41) is 5.42. The zero-order valence-corrected chi connectivity index (χ0v) is 15.8. The number of benzene rings is 2. The van der Waals surface area contributed by atoms with Crippen molar-refractivity contribution in [1.29, 1.82) is 0 Å². The van der Waals surface area contributed by atoms with Crippen LogP contribution in [-0.2, 0) is 14.8 Å². The Kier molecular flexibility index (Phi) is 5.93. The molecule has 2 aromatic carbocycles. The van der Waals surface area contributed by atoms with E-state index < -0.39 is 27.8 Å². The SMILES string of the molecule is O=C(NC1CCCCNC1=O)c1ccc(S(=O)(=O)Nc2ccc(F)cc2)cc1. The van der Waals surface area contributed by atoms with E-state index in [4.69, 9.17) is 0 Å². The second-order valence-corrected chi connectivity index (χ2v) is 8.13. The topological polar surface area (TPSA) is 104 Å². The number of sulfonamides is 1. The number of hydrogen-bond acceptors (Lipinski definition) is 4. The second-order valence-electron chi connectivity index (χ2n) is 6.45. The maximum atomic E-state index is 12.9. The molecule has 1 saturated heterocycles. The first kappa shape index (κ1) is 19.8. The molecular weight excluding hydrogens is 385 g/mol. The van der Waals surface area contributed by atoms with E-state index in [9.17, 15) is 22.4 Å². The molecule has 1 heterocycles. The molecule has 1 atom stereocenters. The summed E-state index contributed by atoms with van der Waals surface area (Å²) in [5.74, 6) is -1.13. The highest BCUT2D eigenvalue weighted by molar-refractivity contribution is 7.92. The Morgan fingerprint density at radius 2 is 1.71 bits per heavy atom. The molecule has 7 nitrogen and oxygen atoms in total. The number of nitrogens with one attached hydrogen (secondary N) is 3. The van der Waals surface area contributed by atoms with Gasteiger partial charge in [-0.3, -0.25) is 14.3 Å². The number of hydrogen-bond donors (Lipinski definition) is 3. The molecule has 148 valence electrons. The molecule has 0 bridgehead atoms. The average Bonchev–Trinajstić information content (AvgIpc) is 2.88. The summed E-state index contributed by atoms with van der Waals surface area (Å²) in [5.41, 5.74) is 0.473. The van der Waals surface area contributed by atoms with Crippen LogP contribution in [0.3, 0.4) is 0 Å². The minimum Gasteiger partial charge on any atom is -0.354 e. The van der Waals surface area contributed by atoms with Crippen molar-refractivity contribution in [2.24, 2.45) is 0 Å². The predicted molar refractivity (Wildman–Crippen MR) is 102 cm³/mol. The van der Waals surface area contributed by atoms with Gasteiger partial charge in [0.05, 0.1) is 4.90 Å². The Morgan fingerprint density at radius 3 is 2.39 bits per heavy atom. The number of rotatable bonds is 5. The van der Waals surface area contributed by atoms with Crippen LogP contribution in [0.25, 0.3) is 0 Å². The van der Waals surface area contributed by atoms with Gasteiger partial charge in [0.25, 0.3) is 15.9 Å². The number of carbonyl (C=O) groups excluding carboxylic acids is 2. The van der Waals surface area contributed by atoms with Crippen LogP contribution in [0.1, 0.15) is 29.6 Å². The smallest absolute Gasteiger partial charge is 0.261 e. The van der Waals surface area contributed by atoms with Crippen molar-refractivity contribution in [2.45, 2.75) is 30.2 Å². The van der Waals surface area contributed by atoms with E-state index in [1.165, 1.54) is 36.4 Å². The summed E-state index contributed by atoms with van der Waals surface area (Å²) in [6.07, 6.45) is 2.26. The third kappa shape index (κ3) is 4.86. The van der Waals surface area contributed by atoms with Crippen molar-refractivity contribution < 1.29 is 22.4 Å². The van der Waals surface area contributed by atoms with Crippen LogP contribution in [0.5, 0.6) is 0 Å². The highest BCUT2D eigenvalue weighted by Crippen LogP contribution is 2.17. The van der Waals surface area contributed by atoms with Crippen LogP contribution in [-0.4, -0.2) is 32.8 Å². The zero-order valence-electron chi connectivity index (χ0n) is 14.9. The van der Waals surface area contributed by atoms with E-state index in [0.717, 1.165) is 25.0 Å². The molecule has 1 aliphatic heterocycles. The van der Waals surface area contributed by atoms with Crippen molar-refractivity contribution in [2.75, 3.05) is 11.3 Å². The van der Waals surface area contributed by atoms with E-state index in [2.05, 4.69) is 15.4 Å². The lowest BCUT2D eigenvalue weighted by Crippen LogP contribution is -2.45. The lowest BCUT2D eigenvalue weighted by Gasteiger charge is -2.15. The van der Waals surface area contributed by atoms with Crippen molar-refractivity contribution in [3.8, 4) is 0 Å². The average molecular weight is 405 g/mol. The quantitative estimate of drug-likeness (QED) is 0.708. The summed E-state index contributed by atoms with van der Waals surface area (Å²) in [4.78, 5) is 24.2. The monoisotopic (exact) mass is 405 g/mol. The molecule has 9 heteroatoms. The summed E-state index contributed by atoms with van der Waals surface area (Å²) in [6, 6.07) is 9.68. The molecule has 28 heavy (non-hydrogen) atoms. The van der Waals surface area contributed by atoms with Gasteiger partial charge in [-0.05, 0) is 67.8 Å². The molecule has 3 rings (SSSR count). The summed E-state index contributed by atoms with van der Waals surface area (Å²) in [6.45, 7) is 0.596. The summed E-state index contributed by atoms with van der Waals surface area (Å²) < 4.78 is 40.1. The van der Waals surface area contributed by atoms with Gasteiger partial charge < -0.3 is 10.6 Å². The minimum atomic E-state index is -3.88. The fourth-order valence-electron chi connectivity index (χ4n) is 2.84. The fraction of sp³-hybridized carbons (Fsp3) is 0.263. The number of halogens is 1. The van der Waals surface area contributed by atoms with Gasteiger partial charge in [0.15, 0.2) is 0 Å². The highest BCUT2D eigenvalue weighted by Gasteiger charge is 2.23. The van der Waals surface area contributed by atoms with Crippen molar-refractivity contribution in [1.82, 2.24) is 10.6 Å². The molecule has 0 aromatic heterocycles. The Morgan fingerprint density at radius 1 is 1.04 bits per heavy atom. The number of anilines is 1. The van der Waals surface area contributed by atoms with Crippen molar-refractivity contribution in [3.63, 3.8) is 0 Å². The largest absolute Gasteiger partial charge is 0.354 e. The second kappa shape index (κ2) is 8.39. The maximum Gasteiger partial charge on any atom is 0.261 e. The van der Waals surface area contributed by atoms with Crippen LogP contribution >= 0.6 is 0 Å². The van der Waals surface area contributed by atoms with Crippen LogP contribution in [0.15, 0.2) is 53.4 Å². The van der Waals surface area contributed by atoms with Crippen LogP contribution < -0.4 is 15.4 Å². The molecule has 0 aliphatic carbocycles. The predicted octanol–water partition coefficient (Wildman–Crippen LogP) is 2.02. The Hall–Kier alpha value is -2.94. The molecule has 1 fully saturated rings. The Labute approximate surface area is 162 Å². The zero-order chi connectivity index (χ0) is 20.1. The third-order valence-corrected chi connectivity index (χ3v) is 5.76. The van der Waals surface area contributed by atoms with E-state index in [1.807, 2.05) is 0 Å². The summed E-state index contributed by atoms with van der Waals surface area (Å²) >= 11 is 0. The number of amides is 2. The van der Waals surface area contributed by atoms with E-state index in [-0.39, 0.29) is 22.1 Å². The molecule has 0 radical (unpaired) electrons. The van der Waals surface area contributed by atoms with E-state index in [0.29, 0.717) is 13.0 Å². The maximum absolute atomic E-state index is 12.9. The first-order valence-corrected chi connectivity index (χ1v) is 10.3. The van der Waals surface area contributed by atoms with Gasteiger partial charge in [-0.15, -0.1) is 0 Å². The molecule has 2 amide bonds. The Balaban J connectivity index is 1.68. The lowest BCUT2D eigenvalue weighted by molar-refractivity contribution is -0.122. The molecule has 2 aromatic rings. The first-order valence-electron chi connectivity index (χ1n) is 8.82.